The highest BCUT2D eigenvalue weighted by Crippen LogP contribution is 2.37. The fourth-order valence-corrected chi connectivity index (χ4v) is 3.03. The van der Waals surface area contributed by atoms with Crippen LogP contribution in [0.1, 0.15) is 12.5 Å². The molecule has 0 aliphatic carbocycles. The first kappa shape index (κ1) is 21.0. The van der Waals surface area contributed by atoms with Gasteiger partial charge in [-0.2, -0.15) is 28.1 Å². The topological polar surface area (TPSA) is 116 Å². The van der Waals surface area contributed by atoms with Gasteiger partial charge < -0.3 is 26.0 Å². The number of alkyl halides is 3. The molecule has 2 aromatic rings. The van der Waals surface area contributed by atoms with Crippen molar-refractivity contribution in [1.29, 1.82) is 0 Å². The molecule has 4 N–H and O–H groups in total. The quantitative estimate of drug-likeness (QED) is 0.632. The molecule has 2 aromatic heterocycles. The summed E-state index contributed by atoms with van der Waals surface area (Å²) >= 11 is 0. The van der Waals surface area contributed by atoms with Gasteiger partial charge in [0.15, 0.2) is 5.82 Å². The molecule has 12 heteroatoms. The third kappa shape index (κ3) is 4.82. The molecule has 0 spiro atoms. The lowest BCUT2D eigenvalue weighted by Crippen LogP contribution is -2.44. The van der Waals surface area contributed by atoms with Gasteiger partial charge in [-0.25, -0.2) is 4.98 Å². The smallest absolute Gasteiger partial charge is 0.395 e. The minimum absolute atomic E-state index is 0.139. The lowest BCUT2D eigenvalue weighted by atomic mass is 10.1. The number of pyridine rings is 1. The second-order valence-electron chi connectivity index (χ2n) is 6.45. The van der Waals surface area contributed by atoms with Crippen molar-refractivity contribution in [3.63, 3.8) is 0 Å². The number of anilines is 3. The largest absolute Gasteiger partial charge is 0.417 e. The summed E-state index contributed by atoms with van der Waals surface area (Å²) in [4.78, 5) is 20.4. The Labute approximate surface area is 165 Å². The number of aromatic nitrogens is 4. The predicted octanol–water partition coefficient (Wildman–Crippen LogP) is 0.763. The summed E-state index contributed by atoms with van der Waals surface area (Å²) in [5, 5.41) is 12.5. The van der Waals surface area contributed by atoms with E-state index in [1.807, 2.05) is 11.8 Å². The molecule has 0 atom stereocenters. The van der Waals surface area contributed by atoms with Crippen LogP contribution in [0.25, 0.3) is 11.4 Å². The van der Waals surface area contributed by atoms with Gasteiger partial charge in [-0.05, 0) is 13.0 Å². The van der Waals surface area contributed by atoms with Crippen molar-refractivity contribution in [3.05, 3.63) is 17.8 Å². The number of hydrogen-bond acceptors (Lipinski definition) is 9. The first-order valence-corrected chi connectivity index (χ1v) is 9.24. The van der Waals surface area contributed by atoms with E-state index in [1.54, 1.807) is 4.90 Å². The molecule has 0 aromatic carbocycles. The highest BCUT2D eigenvalue weighted by atomic mass is 19.4. The molecule has 1 saturated heterocycles. The Morgan fingerprint density at radius 1 is 1.24 bits per heavy atom. The van der Waals surface area contributed by atoms with Crippen LogP contribution in [0.4, 0.5) is 30.9 Å². The van der Waals surface area contributed by atoms with E-state index in [2.05, 4.69) is 25.3 Å². The van der Waals surface area contributed by atoms with Crippen molar-refractivity contribution in [2.75, 3.05) is 61.4 Å². The van der Waals surface area contributed by atoms with Gasteiger partial charge in [-0.3, -0.25) is 0 Å². The fourth-order valence-electron chi connectivity index (χ4n) is 3.03. The number of halogens is 3. The van der Waals surface area contributed by atoms with Crippen molar-refractivity contribution < 1.29 is 18.3 Å². The van der Waals surface area contributed by atoms with Gasteiger partial charge >= 0.3 is 6.18 Å². The Kier molecular flexibility index (Phi) is 6.33. The van der Waals surface area contributed by atoms with Gasteiger partial charge in [0.2, 0.25) is 11.9 Å². The lowest BCUT2D eigenvalue weighted by molar-refractivity contribution is -0.137. The third-order valence-electron chi connectivity index (χ3n) is 4.52. The van der Waals surface area contributed by atoms with Gasteiger partial charge in [0.25, 0.3) is 0 Å². The molecule has 9 nitrogen and oxygen atoms in total. The monoisotopic (exact) mass is 412 g/mol. The fraction of sp³-hybridized carbons (Fsp3) is 0.529. The van der Waals surface area contributed by atoms with Gasteiger partial charge in [0.1, 0.15) is 5.82 Å². The number of nitrogen functional groups attached to an aromatic ring is 1. The van der Waals surface area contributed by atoms with Crippen molar-refractivity contribution in [1.82, 2.24) is 25.3 Å². The standard InChI is InChI=1S/C17H23F3N8O/c1-2-27(7-8-29)15-24-14(25-16(26-15)28-5-3-22-4-6-28)11-10-23-13(21)9-12(11)17(18,19)20/h9-10,22,29H,2-8H2,1H3,(H2,21,23). The summed E-state index contributed by atoms with van der Waals surface area (Å²) in [6.45, 7) is 5.06. The molecule has 0 amide bonds. The molecular formula is C17H23F3N8O. The van der Waals surface area contributed by atoms with Crippen molar-refractivity contribution in [2.45, 2.75) is 13.1 Å². The maximum atomic E-state index is 13.6. The Hall–Kier alpha value is -2.73. The number of aliphatic hydroxyl groups is 1. The van der Waals surface area contributed by atoms with Crippen molar-refractivity contribution in [2.24, 2.45) is 0 Å². The van der Waals surface area contributed by atoms with Crippen LogP contribution < -0.4 is 20.9 Å². The molecule has 0 unspecified atom stereocenters. The lowest BCUT2D eigenvalue weighted by Gasteiger charge is -2.29. The van der Waals surface area contributed by atoms with Crippen LogP contribution in [0.2, 0.25) is 0 Å². The molecule has 29 heavy (non-hydrogen) atoms. The molecule has 0 radical (unpaired) electrons. The Balaban J connectivity index is 2.15. The predicted molar refractivity (Wildman–Crippen MR) is 103 cm³/mol. The summed E-state index contributed by atoms with van der Waals surface area (Å²) in [6.07, 6.45) is -3.62. The number of aliphatic hydroxyl groups excluding tert-OH is 1. The molecule has 0 bridgehead atoms. The maximum Gasteiger partial charge on any atom is 0.417 e. The first-order valence-electron chi connectivity index (χ1n) is 9.24. The second-order valence-corrected chi connectivity index (χ2v) is 6.45. The number of hydrogen-bond donors (Lipinski definition) is 3. The molecule has 1 aliphatic rings. The Bertz CT molecular complexity index is 819. The van der Waals surface area contributed by atoms with Crippen molar-refractivity contribution >= 4 is 17.7 Å². The summed E-state index contributed by atoms with van der Waals surface area (Å²) in [5.74, 6) is 0.103. The van der Waals surface area contributed by atoms with Crippen LogP contribution in [0, 0.1) is 0 Å². The van der Waals surface area contributed by atoms with Crippen LogP contribution in [0.5, 0.6) is 0 Å². The van der Waals surface area contributed by atoms with E-state index in [1.165, 1.54) is 0 Å². The second kappa shape index (κ2) is 8.74. The Morgan fingerprint density at radius 2 is 1.97 bits per heavy atom. The van der Waals surface area contributed by atoms with E-state index < -0.39 is 11.7 Å². The number of rotatable bonds is 6. The van der Waals surface area contributed by atoms with Crippen LogP contribution in [0.3, 0.4) is 0 Å². The zero-order valence-corrected chi connectivity index (χ0v) is 15.9. The minimum atomic E-state index is -4.65. The molecule has 0 saturated carbocycles. The highest BCUT2D eigenvalue weighted by molar-refractivity contribution is 5.64. The molecule has 158 valence electrons. The van der Waals surface area contributed by atoms with Gasteiger partial charge in [0.05, 0.1) is 17.7 Å². The zero-order valence-electron chi connectivity index (χ0n) is 15.9. The molecule has 1 fully saturated rings. The molecular weight excluding hydrogens is 389 g/mol. The zero-order chi connectivity index (χ0) is 21.0. The number of likely N-dealkylation sites (N-methyl/N-ethyl adjacent to an activating group) is 1. The first-order chi connectivity index (χ1) is 13.8. The van der Waals surface area contributed by atoms with E-state index in [0.717, 1.165) is 12.3 Å². The number of nitrogens with zero attached hydrogens (tertiary/aromatic N) is 6. The number of nitrogens with two attached hydrogens (primary N) is 1. The van der Waals surface area contributed by atoms with Crippen LogP contribution >= 0.6 is 0 Å². The average Bonchev–Trinajstić information content (AvgIpc) is 2.71. The van der Waals surface area contributed by atoms with E-state index in [0.29, 0.717) is 32.7 Å². The van der Waals surface area contributed by atoms with E-state index in [9.17, 15) is 18.3 Å². The normalized spacial score (nSPS) is 14.9. The van der Waals surface area contributed by atoms with Crippen LogP contribution in [-0.4, -0.2) is 70.9 Å². The summed E-state index contributed by atoms with van der Waals surface area (Å²) in [6, 6.07) is 0.772. The van der Waals surface area contributed by atoms with Gasteiger partial charge in [-0.15, -0.1) is 0 Å². The summed E-state index contributed by atoms with van der Waals surface area (Å²) < 4.78 is 40.8. The van der Waals surface area contributed by atoms with E-state index >= 15 is 0 Å². The minimum Gasteiger partial charge on any atom is -0.395 e. The summed E-state index contributed by atoms with van der Waals surface area (Å²) in [5.41, 5.74) is 4.24. The maximum absolute atomic E-state index is 13.6. The van der Waals surface area contributed by atoms with Crippen LogP contribution in [0.15, 0.2) is 12.3 Å². The Morgan fingerprint density at radius 3 is 2.59 bits per heavy atom. The van der Waals surface area contributed by atoms with Crippen molar-refractivity contribution in [3.8, 4) is 11.4 Å². The molecule has 3 rings (SSSR count). The van der Waals surface area contributed by atoms with Gasteiger partial charge in [0, 0.05) is 45.5 Å². The third-order valence-corrected chi connectivity index (χ3v) is 4.52. The SMILES string of the molecule is CCN(CCO)c1nc(-c2cnc(N)cc2C(F)(F)F)nc(N2CCNCC2)n1. The average molecular weight is 412 g/mol. The van der Waals surface area contributed by atoms with E-state index in [-0.39, 0.29) is 42.3 Å². The molecule has 3 heterocycles. The molecule has 1 aliphatic heterocycles. The number of piperazine rings is 1. The highest BCUT2D eigenvalue weighted by Gasteiger charge is 2.35. The van der Waals surface area contributed by atoms with E-state index in [4.69, 9.17) is 5.73 Å². The van der Waals surface area contributed by atoms with Gasteiger partial charge in [-0.1, -0.05) is 0 Å². The number of nitrogens with one attached hydrogen (secondary N) is 1. The summed E-state index contributed by atoms with van der Waals surface area (Å²) in [7, 11) is 0. The van der Waals surface area contributed by atoms with Crippen LogP contribution in [-0.2, 0) is 6.18 Å².